The van der Waals surface area contributed by atoms with Crippen molar-refractivity contribution in [2.45, 2.75) is 58.0 Å². The van der Waals surface area contributed by atoms with Crippen LogP contribution in [0.15, 0.2) is 58.5 Å². The zero-order valence-corrected chi connectivity index (χ0v) is 20.7. The van der Waals surface area contributed by atoms with Gasteiger partial charge in [0, 0.05) is 30.3 Å². The number of allylic oxidation sites excluding steroid dienone is 1. The summed E-state index contributed by atoms with van der Waals surface area (Å²) in [6, 6.07) is 8.67. The molecule has 9 nitrogen and oxygen atoms in total. The second kappa shape index (κ2) is 12.6. The number of aromatic nitrogens is 1. The third-order valence-electron chi connectivity index (χ3n) is 5.97. The standard InChI is InChI=1S/C27H32N4O5/c1-3-8-18-9-6-10-19-15-21(29-25(18)19)17-31-14-7-11-20(26(31)34)16-23(32)22(30-27(35)36-2)12-4-5-13-24(28)33/h5-7,9-11,13-14,22H,3-4,8,12,15-17H2,1-2H3,(H2,28,33)(H,30,35)/b13-5+/t22-/m0/s1. The molecule has 190 valence electrons. The van der Waals surface area contributed by atoms with Crippen LogP contribution in [-0.2, 0) is 40.1 Å². The lowest BCUT2D eigenvalue weighted by atomic mass is 10.0. The first-order chi connectivity index (χ1) is 17.3. The van der Waals surface area contributed by atoms with E-state index in [0.29, 0.717) is 24.9 Å². The number of nitrogens with two attached hydrogens (primary N) is 1. The molecular formula is C27H32N4O5. The van der Waals surface area contributed by atoms with Crippen LogP contribution in [0.5, 0.6) is 0 Å². The molecule has 0 fully saturated rings. The number of amides is 2. The number of fused-ring (bicyclic) bond motifs is 1. The van der Waals surface area contributed by atoms with Crippen molar-refractivity contribution in [3.63, 3.8) is 0 Å². The summed E-state index contributed by atoms with van der Waals surface area (Å²) in [5, 5.41) is 2.50. The van der Waals surface area contributed by atoms with Crippen LogP contribution >= 0.6 is 0 Å². The second-order valence-corrected chi connectivity index (χ2v) is 8.71. The van der Waals surface area contributed by atoms with Crippen LogP contribution in [0.1, 0.15) is 42.9 Å². The van der Waals surface area contributed by atoms with Gasteiger partial charge < -0.3 is 20.4 Å². The maximum absolute atomic E-state index is 13.2. The quantitative estimate of drug-likeness (QED) is 0.440. The van der Waals surface area contributed by atoms with Crippen LogP contribution in [0.3, 0.4) is 0 Å². The van der Waals surface area contributed by atoms with Gasteiger partial charge in [-0.3, -0.25) is 19.4 Å². The predicted molar refractivity (Wildman–Crippen MR) is 138 cm³/mol. The summed E-state index contributed by atoms with van der Waals surface area (Å²) in [4.78, 5) is 53.6. The zero-order chi connectivity index (χ0) is 26.1. The van der Waals surface area contributed by atoms with Gasteiger partial charge in [-0.05, 0) is 42.5 Å². The molecule has 0 bridgehead atoms. The number of nitrogens with zero attached hydrogens (tertiary/aromatic N) is 2. The van der Waals surface area contributed by atoms with E-state index in [-0.39, 0.29) is 24.2 Å². The number of carbonyl (C=O) groups excluding carboxylic acids is 3. The molecule has 2 heterocycles. The number of rotatable bonds is 12. The number of nitrogens with one attached hydrogen (secondary N) is 1. The SMILES string of the molecule is CCCc1cccc2c1N=C(Cn1cccc(CC(=O)[C@H](CC/C=C/C(N)=O)NC(=O)OC)c1=O)C2. The Kier molecular flexibility index (Phi) is 9.32. The molecule has 0 saturated carbocycles. The number of primary amides is 1. The largest absolute Gasteiger partial charge is 0.453 e. The van der Waals surface area contributed by atoms with Gasteiger partial charge in [-0.15, -0.1) is 0 Å². The third-order valence-corrected chi connectivity index (χ3v) is 5.97. The summed E-state index contributed by atoms with van der Waals surface area (Å²) in [7, 11) is 1.20. The van der Waals surface area contributed by atoms with Crippen molar-refractivity contribution in [1.82, 2.24) is 9.88 Å². The number of aryl methyl sites for hydroxylation is 1. The average molecular weight is 493 g/mol. The van der Waals surface area contributed by atoms with Crippen molar-refractivity contribution in [3.05, 3.63) is 75.7 Å². The topological polar surface area (TPSA) is 133 Å². The maximum atomic E-state index is 13.2. The molecule has 9 heteroatoms. The monoisotopic (exact) mass is 492 g/mol. The normalized spacial score (nSPS) is 13.2. The number of Topliss-reactive ketones (excluding diaryl/α,β-unsaturated/α-hetero) is 1. The summed E-state index contributed by atoms with van der Waals surface area (Å²) < 4.78 is 6.18. The summed E-state index contributed by atoms with van der Waals surface area (Å²) in [5.74, 6) is -0.933. The van der Waals surface area contributed by atoms with Gasteiger partial charge in [0.2, 0.25) is 5.91 Å². The molecular weight excluding hydrogens is 460 g/mol. The molecule has 2 aromatic rings. The molecule has 0 spiro atoms. The maximum Gasteiger partial charge on any atom is 0.407 e. The smallest absolute Gasteiger partial charge is 0.407 e. The van der Waals surface area contributed by atoms with Crippen LogP contribution < -0.4 is 16.6 Å². The molecule has 2 amide bonds. The molecule has 1 aliphatic rings. The molecule has 1 atom stereocenters. The molecule has 0 radical (unpaired) electrons. The summed E-state index contributed by atoms with van der Waals surface area (Å²) in [5.41, 5.74) is 9.42. The lowest BCUT2D eigenvalue weighted by Crippen LogP contribution is -2.42. The fourth-order valence-electron chi connectivity index (χ4n) is 4.24. The van der Waals surface area contributed by atoms with Crippen molar-refractivity contribution in [2.24, 2.45) is 10.7 Å². The third kappa shape index (κ3) is 7.00. The Balaban J connectivity index is 1.73. The lowest BCUT2D eigenvalue weighted by Gasteiger charge is -2.16. The molecule has 36 heavy (non-hydrogen) atoms. The average Bonchev–Trinajstić information content (AvgIpc) is 3.27. The molecule has 1 aromatic heterocycles. The number of aliphatic imine (C=N–C) groups is 1. The minimum Gasteiger partial charge on any atom is -0.453 e. The number of benzene rings is 1. The molecule has 3 N–H and O–H groups in total. The van der Waals surface area contributed by atoms with E-state index in [1.54, 1.807) is 22.9 Å². The number of ether oxygens (including phenoxy) is 1. The number of hydrogen-bond acceptors (Lipinski definition) is 6. The van der Waals surface area contributed by atoms with Crippen LogP contribution in [0.25, 0.3) is 0 Å². The number of carbonyl (C=O) groups is 3. The van der Waals surface area contributed by atoms with Gasteiger partial charge >= 0.3 is 6.09 Å². The van der Waals surface area contributed by atoms with E-state index in [4.69, 9.17) is 10.7 Å². The Morgan fingerprint density at radius 1 is 1.22 bits per heavy atom. The minimum atomic E-state index is -0.881. The Bertz CT molecular complexity index is 1240. The van der Waals surface area contributed by atoms with Crippen LogP contribution in [0.2, 0.25) is 0 Å². The predicted octanol–water partition coefficient (Wildman–Crippen LogP) is 2.79. The Morgan fingerprint density at radius 3 is 2.72 bits per heavy atom. The van der Waals surface area contributed by atoms with Gasteiger partial charge in [0.25, 0.3) is 5.56 Å². The van der Waals surface area contributed by atoms with Crippen molar-refractivity contribution >= 4 is 29.2 Å². The second-order valence-electron chi connectivity index (χ2n) is 8.71. The van der Waals surface area contributed by atoms with Crippen LogP contribution in [0.4, 0.5) is 10.5 Å². The van der Waals surface area contributed by atoms with Gasteiger partial charge in [-0.1, -0.05) is 43.7 Å². The van der Waals surface area contributed by atoms with Crippen LogP contribution in [-0.4, -0.2) is 41.2 Å². The number of para-hydroxylation sites is 1. The van der Waals surface area contributed by atoms with E-state index in [1.807, 2.05) is 6.07 Å². The molecule has 0 unspecified atom stereocenters. The molecule has 1 aromatic carbocycles. The van der Waals surface area contributed by atoms with Crippen molar-refractivity contribution < 1.29 is 19.1 Å². The first kappa shape index (κ1) is 26.6. The molecule has 3 rings (SSSR count). The first-order valence-electron chi connectivity index (χ1n) is 12.0. The number of hydrogen-bond donors (Lipinski definition) is 2. The zero-order valence-electron chi connectivity index (χ0n) is 20.7. The fraction of sp³-hybridized carbons (Fsp3) is 0.370. The Morgan fingerprint density at radius 2 is 2.00 bits per heavy atom. The van der Waals surface area contributed by atoms with E-state index < -0.39 is 18.0 Å². The molecule has 0 aliphatic carbocycles. The highest BCUT2D eigenvalue weighted by atomic mass is 16.5. The highest BCUT2D eigenvalue weighted by Crippen LogP contribution is 2.31. The Labute approximate surface area is 210 Å². The Hall–Kier alpha value is -4.01. The number of alkyl carbamates (subject to hydrolysis) is 1. The molecule has 1 aliphatic heterocycles. The van der Waals surface area contributed by atoms with Crippen molar-refractivity contribution in [3.8, 4) is 0 Å². The fourth-order valence-corrected chi connectivity index (χ4v) is 4.24. The van der Waals surface area contributed by atoms with Gasteiger partial charge in [-0.2, -0.15) is 0 Å². The summed E-state index contributed by atoms with van der Waals surface area (Å²) >= 11 is 0. The van der Waals surface area contributed by atoms with Gasteiger partial charge in [0.15, 0.2) is 5.78 Å². The van der Waals surface area contributed by atoms with Gasteiger partial charge in [0.1, 0.15) is 0 Å². The lowest BCUT2D eigenvalue weighted by molar-refractivity contribution is -0.120. The summed E-state index contributed by atoms with van der Waals surface area (Å²) in [6.07, 6.45) is 6.76. The highest BCUT2D eigenvalue weighted by molar-refractivity contribution is 5.94. The van der Waals surface area contributed by atoms with Gasteiger partial charge in [-0.25, -0.2) is 4.79 Å². The van der Waals surface area contributed by atoms with E-state index in [2.05, 4.69) is 29.1 Å². The summed E-state index contributed by atoms with van der Waals surface area (Å²) in [6.45, 7) is 2.47. The van der Waals surface area contributed by atoms with Crippen molar-refractivity contribution in [1.29, 1.82) is 0 Å². The van der Waals surface area contributed by atoms with E-state index >= 15 is 0 Å². The minimum absolute atomic E-state index is 0.152. The van der Waals surface area contributed by atoms with E-state index in [9.17, 15) is 19.2 Å². The number of pyridine rings is 1. The van der Waals surface area contributed by atoms with E-state index in [1.165, 1.54) is 24.8 Å². The first-order valence-corrected chi connectivity index (χ1v) is 12.0. The number of ketones is 1. The highest BCUT2D eigenvalue weighted by Gasteiger charge is 2.23. The van der Waals surface area contributed by atoms with Gasteiger partial charge in [0.05, 0.1) is 25.4 Å². The van der Waals surface area contributed by atoms with E-state index in [0.717, 1.165) is 29.8 Å². The molecule has 0 saturated heterocycles. The number of methoxy groups -OCH3 is 1. The van der Waals surface area contributed by atoms with Crippen molar-refractivity contribution in [2.75, 3.05) is 7.11 Å². The van der Waals surface area contributed by atoms with Crippen LogP contribution in [0, 0.1) is 0 Å².